The van der Waals surface area contributed by atoms with Crippen molar-refractivity contribution in [2.75, 3.05) is 5.73 Å². The Morgan fingerprint density at radius 2 is 2.05 bits per heavy atom. The van der Waals surface area contributed by atoms with Crippen molar-refractivity contribution < 1.29 is 4.52 Å². The molecule has 0 aromatic carbocycles. The molecule has 0 spiro atoms. The van der Waals surface area contributed by atoms with Gasteiger partial charge in [0.2, 0.25) is 0 Å². The summed E-state index contributed by atoms with van der Waals surface area (Å²) in [5.74, 6) is 1.83. The van der Waals surface area contributed by atoms with Gasteiger partial charge in [0.15, 0.2) is 5.65 Å². The summed E-state index contributed by atoms with van der Waals surface area (Å²) < 4.78 is 7.31. The fourth-order valence-corrected chi connectivity index (χ4v) is 2.58. The summed E-state index contributed by atoms with van der Waals surface area (Å²) in [6.45, 7) is 6.21. The first-order valence-electron chi connectivity index (χ1n) is 7.42. The number of hydrogen-bond acceptors (Lipinski definition) is 6. The average molecular weight is 298 g/mol. The molecule has 0 aliphatic heterocycles. The molecule has 114 valence electrons. The molecule has 0 atom stereocenters. The molecule has 22 heavy (non-hydrogen) atoms. The van der Waals surface area contributed by atoms with Gasteiger partial charge in [-0.15, -0.1) is 0 Å². The van der Waals surface area contributed by atoms with Crippen molar-refractivity contribution in [1.82, 2.24) is 24.9 Å². The van der Waals surface area contributed by atoms with Crippen molar-refractivity contribution in [3.8, 4) is 11.4 Å². The van der Waals surface area contributed by atoms with Crippen molar-refractivity contribution in [3.63, 3.8) is 0 Å². The topological polar surface area (TPSA) is 95.7 Å². The Labute approximate surface area is 127 Å². The lowest BCUT2D eigenvalue weighted by molar-refractivity contribution is 0.365. The van der Waals surface area contributed by atoms with Crippen LogP contribution in [0, 0.1) is 0 Å². The first-order valence-corrected chi connectivity index (χ1v) is 7.42. The van der Waals surface area contributed by atoms with Gasteiger partial charge in [-0.2, -0.15) is 5.10 Å². The van der Waals surface area contributed by atoms with E-state index in [1.807, 2.05) is 10.7 Å². The molecule has 1 fully saturated rings. The van der Waals surface area contributed by atoms with Gasteiger partial charge in [-0.05, 0) is 33.6 Å². The van der Waals surface area contributed by atoms with Crippen LogP contribution < -0.4 is 5.73 Å². The summed E-state index contributed by atoms with van der Waals surface area (Å²) in [6, 6.07) is 1.96. The zero-order valence-electron chi connectivity index (χ0n) is 12.9. The summed E-state index contributed by atoms with van der Waals surface area (Å²) in [5, 5.41) is 9.60. The molecular weight excluding hydrogens is 280 g/mol. The maximum Gasteiger partial charge on any atom is 0.164 e. The number of anilines is 1. The van der Waals surface area contributed by atoms with Crippen LogP contribution in [0.3, 0.4) is 0 Å². The van der Waals surface area contributed by atoms with E-state index in [-0.39, 0.29) is 5.54 Å². The van der Waals surface area contributed by atoms with Gasteiger partial charge in [0.25, 0.3) is 0 Å². The van der Waals surface area contributed by atoms with Crippen LogP contribution in [0.25, 0.3) is 22.4 Å². The molecule has 1 aliphatic carbocycles. The number of aromatic nitrogens is 5. The molecule has 1 aliphatic rings. The highest BCUT2D eigenvalue weighted by molar-refractivity contribution is 5.97. The van der Waals surface area contributed by atoms with Gasteiger partial charge in [0.1, 0.15) is 29.3 Å². The van der Waals surface area contributed by atoms with Gasteiger partial charge in [-0.1, -0.05) is 5.16 Å². The molecule has 2 N–H and O–H groups in total. The van der Waals surface area contributed by atoms with E-state index in [1.165, 1.54) is 6.33 Å². The third-order valence-corrected chi connectivity index (χ3v) is 3.88. The first-order chi connectivity index (χ1) is 10.4. The normalized spacial score (nSPS) is 15.6. The van der Waals surface area contributed by atoms with Gasteiger partial charge < -0.3 is 10.3 Å². The number of hydrogen-bond donors (Lipinski definition) is 1. The SMILES string of the molecule is CC(C)(C)n1nc(-c2cc(C3CC3)on2)c2c(N)ncnc21. The van der Waals surface area contributed by atoms with Gasteiger partial charge in [0, 0.05) is 12.0 Å². The van der Waals surface area contributed by atoms with Crippen molar-refractivity contribution in [2.24, 2.45) is 0 Å². The molecule has 0 unspecified atom stereocenters. The van der Waals surface area contributed by atoms with Crippen LogP contribution in [-0.2, 0) is 5.54 Å². The summed E-state index contributed by atoms with van der Waals surface area (Å²) in [5.41, 5.74) is 7.93. The summed E-state index contributed by atoms with van der Waals surface area (Å²) in [7, 11) is 0. The van der Waals surface area contributed by atoms with Crippen LogP contribution in [0.4, 0.5) is 5.82 Å². The smallest absolute Gasteiger partial charge is 0.164 e. The second kappa shape index (κ2) is 4.28. The predicted molar refractivity (Wildman–Crippen MR) is 82.2 cm³/mol. The van der Waals surface area contributed by atoms with Gasteiger partial charge in [-0.3, -0.25) is 0 Å². The largest absolute Gasteiger partial charge is 0.383 e. The molecule has 0 amide bonds. The second-order valence-corrected chi connectivity index (χ2v) is 6.78. The predicted octanol–water partition coefficient (Wildman–Crippen LogP) is 2.70. The number of nitrogen functional groups attached to an aromatic ring is 1. The van der Waals surface area contributed by atoms with Crippen LogP contribution >= 0.6 is 0 Å². The minimum absolute atomic E-state index is 0.222. The lowest BCUT2D eigenvalue weighted by Gasteiger charge is -2.19. The monoisotopic (exact) mass is 298 g/mol. The highest BCUT2D eigenvalue weighted by Gasteiger charge is 2.30. The molecule has 4 rings (SSSR count). The Bertz CT molecular complexity index is 853. The zero-order valence-corrected chi connectivity index (χ0v) is 12.9. The molecule has 1 saturated carbocycles. The molecule has 3 aromatic heterocycles. The molecule has 7 heteroatoms. The Morgan fingerprint density at radius 3 is 2.73 bits per heavy atom. The summed E-state index contributed by atoms with van der Waals surface area (Å²) in [4.78, 5) is 8.46. The van der Waals surface area contributed by atoms with Crippen LogP contribution in [0.5, 0.6) is 0 Å². The van der Waals surface area contributed by atoms with Crippen LogP contribution in [0.2, 0.25) is 0 Å². The molecule has 0 radical (unpaired) electrons. The van der Waals surface area contributed by atoms with E-state index in [2.05, 4.69) is 35.9 Å². The quantitative estimate of drug-likeness (QED) is 0.781. The van der Waals surface area contributed by atoms with E-state index in [1.54, 1.807) is 0 Å². The lowest BCUT2D eigenvalue weighted by Crippen LogP contribution is -2.23. The van der Waals surface area contributed by atoms with E-state index < -0.39 is 0 Å². The third-order valence-electron chi connectivity index (χ3n) is 3.88. The van der Waals surface area contributed by atoms with Crippen molar-refractivity contribution in [2.45, 2.75) is 45.1 Å². The van der Waals surface area contributed by atoms with E-state index in [0.29, 0.717) is 28.8 Å². The fourth-order valence-electron chi connectivity index (χ4n) is 2.58. The van der Waals surface area contributed by atoms with Gasteiger partial charge >= 0.3 is 0 Å². The maximum atomic E-state index is 6.07. The Balaban J connectivity index is 1.96. The zero-order chi connectivity index (χ0) is 15.5. The third kappa shape index (κ3) is 1.96. The van der Waals surface area contributed by atoms with Crippen LogP contribution in [0.15, 0.2) is 16.9 Å². The van der Waals surface area contributed by atoms with E-state index in [9.17, 15) is 0 Å². The standard InChI is InChI=1S/C15H18N6O/c1-15(2,3)21-14-11(13(16)17-7-18-14)12(19-21)9-6-10(22-20-9)8-4-5-8/h6-8H,4-5H2,1-3H3,(H2,16,17,18). The average Bonchev–Trinajstić information content (AvgIpc) is 3.03. The van der Waals surface area contributed by atoms with Crippen molar-refractivity contribution >= 4 is 16.9 Å². The van der Waals surface area contributed by atoms with E-state index in [4.69, 9.17) is 15.4 Å². The van der Waals surface area contributed by atoms with Crippen LogP contribution in [-0.4, -0.2) is 24.9 Å². The van der Waals surface area contributed by atoms with Gasteiger partial charge in [-0.25, -0.2) is 14.6 Å². The summed E-state index contributed by atoms with van der Waals surface area (Å²) >= 11 is 0. The Hall–Kier alpha value is -2.44. The molecule has 3 heterocycles. The lowest BCUT2D eigenvalue weighted by atomic mass is 10.1. The second-order valence-electron chi connectivity index (χ2n) is 6.78. The van der Waals surface area contributed by atoms with Gasteiger partial charge in [0.05, 0.1) is 10.9 Å². The Kier molecular flexibility index (Phi) is 2.58. The molecular formula is C15H18N6O. The highest BCUT2D eigenvalue weighted by Crippen LogP contribution is 2.42. The maximum absolute atomic E-state index is 6.07. The number of nitrogens with two attached hydrogens (primary N) is 1. The molecule has 7 nitrogen and oxygen atoms in total. The molecule has 0 bridgehead atoms. The fraction of sp³-hybridized carbons (Fsp3) is 0.467. The van der Waals surface area contributed by atoms with E-state index >= 15 is 0 Å². The van der Waals surface area contributed by atoms with E-state index in [0.717, 1.165) is 24.0 Å². The van der Waals surface area contributed by atoms with Crippen molar-refractivity contribution in [1.29, 1.82) is 0 Å². The number of fused-ring (bicyclic) bond motifs is 1. The Morgan fingerprint density at radius 1 is 1.27 bits per heavy atom. The minimum Gasteiger partial charge on any atom is -0.383 e. The molecule has 0 saturated heterocycles. The van der Waals surface area contributed by atoms with Crippen molar-refractivity contribution in [3.05, 3.63) is 18.2 Å². The first kappa shape index (κ1) is 13.2. The molecule has 3 aromatic rings. The van der Waals surface area contributed by atoms with Crippen LogP contribution in [0.1, 0.15) is 45.3 Å². The summed E-state index contributed by atoms with van der Waals surface area (Å²) in [6.07, 6.45) is 3.79. The number of rotatable bonds is 2. The highest BCUT2D eigenvalue weighted by atomic mass is 16.5. The number of nitrogens with zero attached hydrogens (tertiary/aromatic N) is 5. The minimum atomic E-state index is -0.222.